The van der Waals surface area contributed by atoms with Crippen molar-refractivity contribution in [2.45, 2.75) is 20.4 Å². The zero-order valence-electron chi connectivity index (χ0n) is 20.3. The summed E-state index contributed by atoms with van der Waals surface area (Å²) in [7, 11) is 1.48. The summed E-state index contributed by atoms with van der Waals surface area (Å²) in [5.41, 5.74) is 4.54. The molecule has 3 aromatic rings. The summed E-state index contributed by atoms with van der Waals surface area (Å²) < 4.78 is 11.0. The van der Waals surface area contributed by atoms with Crippen LogP contribution in [0.3, 0.4) is 0 Å². The van der Waals surface area contributed by atoms with Gasteiger partial charge >= 0.3 is 6.03 Å². The number of rotatable bonds is 8. The molecule has 0 atom stereocenters. The van der Waals surface area contributed by atoms with E-state index in [0.29, 0.717) is 22.7 Å². The quantitative estimate of drug-likeness (QED) is 0.364. The van der Waals surface area contributed by atoms with Crippen LogP contribution in [0.15, 0.2) is 72.4 Å². The molecule has 1 aliphatic rings. The third-order valence-electron chi connectivity index (χ3n) is 5.62. The first-order valence-corrected chi connectivity index (χ1v) is 11.4. The average Bonchev–Trinajstić information content (AvgIpc) is 3.13. The highest BCUT2D eigenvalue weighted by Gasteiger charge is 2.33. The number of carbonyl (C=O) groups is 3. The molecule has 4 amide bonds. The molecule has 4 rings (SSSR count). The second kappa shape index (κ2) is 10.8. The van der Waals surface area contributed by atoms with Crippen molar-refractivity contribution in [3.05, 3.63) is 94.7 Å². The van der Waals surface area contributed by atoms with E-state index in [1.54, 1.807) is 24.3 Å². The maximum absolute atomic E-state index is 12.8. The first kappa shape index (κ1) is 24.5. The van der Waals surface area contributed by atoms with Crippen molar-refractivity contribution in [1.82, 2.24) is 10.2 Å². The fraction of sp³-hybridized carbons (Fsp3) is 0.179. The molecule has 1 saturated heterocycles. The van der Waals surface area contributed by atoms with Crippen molar-refractivity contribution in [1.29, 1.82) is 0 Å². The average molecular weight is 486 g/mol. The Morgan fingerprint density at radius 2 is 1.61 bits per heavy atom. The molecule has 36 heavy (non-hydrogen) atoms. The highest BCUT2D eigenvalue weighted by Crippen LogP contribution is 2.29. The number of imide groups is 1. The minimum atomic E-state index is -0.474. The van der Waals surface area contributed by atoms with E-state index in [2.05, 4.69) is 10.6 Å². The van der Waals surface area contributed by atoms with Crippen LogP contribution in [0, 0.1) is 13.8 Å². The van der Waals surface area contributed by atoms with E-state index in [1.807, 2.05) is 62.4 Å². The predicted octanol–water partition coefficient (Wildman–Crippen LogP) is 4.42. The smallest absolute Gasteiger partial charge is 0.329 e. The van der Waals surface area contributed by atoms with Gasteiger partial charge < -0.3 is 20.1 Å². The third kappa shape index (κ3) is 5.90. The van der Waals surface area contributed by atoms with Gasteiger partial charge in [-0.25, -0.2) is 4.79 Å². The lowest BCUT2D eigenvalue weighted by molar-refractivity contribution is -0.123. The number of urea groups is 1. The van der Waals surface area contributed by atoms with E-state index < -0.39 is 11.9 Å². The second-order valence-electron chi connectivity index (χ2n) is 8.48. The Bertz CT molecular complexity index is 1310. The van der Waals surface area contributed by atoms with E-state index in [1.165, 1.54) is 7.11 Å². The van der Waals surface area contributed by atoms with Crippen LogP contribution in [-0.2, 0) is 16.1 Å². The molecule has 0 aromatic heterocycles. The third-order valence-corrected chi connectivity index (χ3v) is 5.62. The normalized spacial score (nSPS) is 14.1. The first-order chi connectivity index (χ1) is 17.3. The molecule has 1 aliphatic heterocycles. The number of hydrogen-bond acceptors (Lipinski definition) is 5. The summed E-state index contributed by atoms with van der Waals surface area (Å²) in [5, 5.41) is 5.40. The number of amides is 4. The van der Waals surface area contributed by atoms with Crippen LogP contribution in [0.4, 0.5) is 10.5 Å². The number of hydrogen-bond donors (Lipinski definition) is 2. The Morgan fingerprint density at radius 3 is 2.28 bits per heavy atom. The van der Waals surface area contributed by atoms with E-state index in [4.69, 9.17) is 9.47 Å². The van der Waals surface area contributed by atoms with Crippen molar-refractivity contribution in [3.8, 4) is 11.5 Å². The van der Waals surface area contributed by atoms with Crippen LogP contribution >= 0.6 is 0 Å². The molecule has 1 heterocycles. The Balaban J connectivity index is 1.41. The molecule has 184 valence electrons. The Hall–Kier alpha value is -4.59. The SMILES string of the molecule is COc1cc(/C=C2/NC(=O)N(Cc3ccc(C)cc3)C2=O)ccc1OCC(=O)Nc1ccc(C)cc1. The number of nitrogens with zero attached hydrogens (tertiary/aromatic N) is 1. The van der Waals surface area contributed by atoms with Gasteiger partial charge in [-0.2, -0.15) is 0 Å². The number of methoxy groups -OCH3 is 1. The van der Waals surface area contributed by atoms with Crippen LogP contribution in [0.5, 0.6) is 11.5 Å². The maximum atomic E-state index is 12.8. The van der Waals surface area contributed by atoms with E-state index >= 15 is 0 Å². The molecule has 1 fully saturated rings. The number of aryl methyl sites for hydroxylation is 2. The van der Waals surface area contributed by atoms with E-state index in [-0.39, 0.29) is 24.8 Å². The highest BCUT2D eigenvalue weighted by atomic mass is 16.5. The summed E-state index contributed by atoms with van der Waals surface area (Å²) >= 11 is 0. The van der Waals surface area contributed by atoms with Gasteiger partial charge in [0.05, 0.1) is 13.7 Å². The van der Waals surface area contributed by atoms with Crippen LogP contribution in [0.25, 0.3) is 6.08 Å². The zero-order valence-corrected chi connectivity index (χ0v) is 20.3. The summed E-state index contributed by atoms with van der Waals surface area (Å²) in [5.74, 6) is 0.0509. The summed E-state index contributed by atoms with van der Waals surface area (Å²) in [4.78, 5) is 38.6. The number of ether oxygens (including phenoxy) is 2. The lowest BCUT2D eigenvalue weighted by Gasteiger charge is -2.12. The lowest BCUT2D eigenvalue weighted by atomic mass is 10.1. The van der Waals surface area contributed by atoms with Crippen molar-refractivity contribution in [2.24, 2.45) is 0 Å². The van der Waals surface area contributed by atoms with Crippen LogP contribution in [0.2, 0.25) is 0 Å². The van der Waals surface area contributed by atoms with Crippen molar-refractivity contribution in [2.75, 3.05) is 19.0 Å². The van der Waals surface area contributed by atoms with Crippen molar-refractivity contribution < 1.29 is 23.9 Å². The molecule has 2 N–H and O–H groups in total. The van der Waals surface area contributed by atoms with Gasteiger partial charge in [-0.15, -0.1) is 0 Å². The molecule has 0 aliphatic carbocycles. The Morgan fingerprint density at radius 1 is 0.944 bits per heavy atom. The minimum Gasteiger partial charge on any atom is -0.493 e. The molecule has 8 heteroatoms. The van der Waals surface area contributed by atoms with Crippen molar-refractivity contribution in [3.63, 3.8) is 0 Å². The Labute approximate surface area is 209 Å². The first-order valence-electron chi connectivity index (χ1n) is 11.4. The monoisotopic (exact) mass is 485 g/mol. The van der Waals surface area contributed by atoms with Gasteiger partial charge in [0, 0.05) is 5.69 Å². The molecule has 0 bridgehead atoms. The fourth-order valence-electron chi connectivity index (χ4n) is 3.63. The van der Waals surface area contributed by atoms with E-state index in [0.717, 1.165) is 21.6 Å². The summed E-state index contributed by atoms with van der Waals surface area (Å²) in [6, 6.07) is 19.7. The van der Waals surface area contributed by atoms with Gasteiger partial charge in [0.25, 0.3) is 11.8 Å². The number of benzene rings is 3. The molecule has 3 aromatic carbocycles. The zero-order chi connectivity index (χ0) is 25.7. The van der Waals surface area contributed by atoms with Crippen LogP contribution in [-0.4, -0.2) is 36.5 Å². The summed E-state index contributed by atoms with van der Waals surface area (Å²) in [6.45, 7) is 3.93. The van der Waals surface area contributed by atoms with Gasteiger partial charge in [-0.1, -0.05) is 53.6 Å². The topological polar surface area (TPSA) is 97.0 Å². The van der Waals surface area contributed by atoms with Crippen LogP contribution < -0.4 is 20.1 Å². The number of anilines is 1. The largest absolute Gasteiger partial charge is 0.493 e. The molecule has 0 spiro atoms. The summed E-state index contributed by atoms with van der Waals surface area (Å²) in [6.07, 6.45) is 1.58. The number of nitrogens with one attached hydrogen (secondary N) is 2. The second-order valence-corrected chi connectivity index (χ2v) is 8.48. The van der Waals surface area contributed by atoms with Gasteiger partial charge in [-0.3, -0.25) is 14.5 Å². The molecule has 0 radical (unpaired) electrons. The fourth-order valence-corrected chi connectivity index (χ4v) is 3.63. The van der Waals surface area contributed by atoms with Crippen LogP contribution in [0.1, 0.15) is 22.3 Å². The molecular formula is C28H27N3O5. The van der Waals surface area contributed by atoms with E-state index in [9.17, 15) is 14.4 Å². The predicted molar refractivity (Wildman–Crippen MR) is 137 cm³/mol. The van der Waals surface area contributed by atoms with Crippen molar-refractivity contribution >= 4 is 29.6 Å². The Kier molecular flexibility index (Phi) is 7.34. The molecule has 8 nitrogen and oxygen atoms in total. The van der Waals surface area contributed by atoms with Gasteiger partial charge in [0.1, 0.15) is 5.70 Å². The standard InChI is InChI=1S/C28H27N3O5/c1-18-4-8-20(9-5-18)16-31-27(33)23(30-28(31)34)14-21-10-13-24(25(15-21)35-3)36-17-26(32)29-22-11-6-19(2)7-12-22/h4-15H,16-17H2,1-3H3,(H,29,32)(H,30,34)/b23-14+. The maximum Gasteiger partial charge on any atom is 0.329 e. The molecular weight excluding hydrogens is 458 g/mol. The molecule has 0 saturated carbocycles. The van der Waals surface area contributed by atoms with Gasteiger partial charge in [-0.05, 0) is 55.3 Å². The van der Waals surface area contributed by atoms with Gasteiger partial charge in [0.2, 0.25) is 0 Å². The minimum absolute atomic E-state index is 0.167. The van der Waals surface area contributed by atoms with Gasteiger partial charge in [0.15, 0.2) is 18.1 Å². The molecule has 0 unspecified atom stereocenters. The highest BCUT2D eigenvalue weighted by molar-refractivity contribution is 6.13. The number of carbonyl (C=O) groups excluding carboxylic acids is 3. The lowest BCUT2D eigenvalue weighted by Crippen LogP contribution is -2.30.